The number of amides is 2. The SMILES string of the molecule is COc1cc(OC)cc(C(=O)Nc2nc(C(=O)Nc3cccc(Br)c3)cs2)c1. The topological polar surface area (TPSA) is 89.6 Å². The first-order valence-corrected chi connectivity index (χ1v) is 9.72. The number of nitrogens with one attached hydrogen (secondary N) is 2. The summed E-state index contributed by atoms with van der Waals surface area (Å²) in [5.41, 5.74) is 1.21. The molecule has 2 N–H and O–H groups in total. The number of nitrogens with zero attached hydrogens (tertiary/aromatic N) is 1. The zero-order chi connectivity index (χ0) is 20.1. The molecular formula is C19H16BrN3O4S. The highest BCUT2D eigenvalue weighted by Crippen LogP contribution is 2.24. The molecule has 144 valence electrons. The van der Waals surface area contributed by atoms with Crippen LogP contribution < -0.4 is 20.1 Å². The van der Waals surface area contributed by atoms with Crippen molar-refractivity contribution in [1.82, 2.24) is 4.98 Å². The second-order valence-corrected chi connectivity index (χ2v) is 7.33. The summed E-state index contributed by atoms with van der Waals surface area (Å²) < 4.78 is 11.2. The van der Waals surface area contributed by atoms with Crippen molar-refractivity contribution in [1.29, 1.82) is 0 Å². The quantitative estimate of drug-likeness (QED) is 0.566. The van der Waals surface area contributed by atoms with Gasteiger partial charge in [-0.3, -0.25) is 14.9 Å². The van der Waals surface area contributed by atoms with Gasteiger partial charge in [0.1, 0.15) is 17.2 Å². The van der Waals surface area contributed by atoms with Gasteiger partial charge in [0.05, 0.1) is 14.2 Å². The number of halogens is 1. The zero-order valence-electron chi connectivity index (χ0n) is 15.0. The van der Waals surface area contributed by atoms with E-state index in [9.17, 15) is 9.59 Å². The van der Waals surface area contributed by atoms with Gasteiger partial charge in [0.15, 0.2) is 5.13 Å². The molecule has 0 radical (unpaired) electrons. The van der Waals surface area contributed by atoms with Gasteiger partial charge < -0.3 is 14.8 Å². The fourth-order valence-corrected chi connectivity index (χ4v) is 3.39. The molecule has 3 rings (SSSR count). The first kappa shape index (κ1) is 19.8. The van der Waals surface area contributed by atoms with Crippen molar-refractivity contribution in [3.63, 3.8) is 0 Å². The summed E-state index contributed by atoms with van der Waals surface area (Å²) in [5, 5.41) is 7.33. The normalized spacial score (nSPS) is 10.2. The number of benzene rings is 2. The van der Waals surface area contributed by atoms with Crippen molar-refractivity contribution >= 4 is 49.9 Å². The molecule has 1 aromatic heterocycles. The van der Waals surface area contributed by atoms with Crippen molar-refractivity contribution in [2.75, 3.05) is 24.9 Å². The van der Waals surface area contributed by atoms with Crippen LogP contribution in [0.1, 0.15) is 20.8 Å². The van der Waals surface area contributed by atoms with Crippen molar-refractivity contribution in [3.8, 4) is 11.5 Å². The highest BCUT2D eigenvalue weighted by molar-refractivity contribution is 9.10. The number of hydrogen-bond acceptors (Lipinski definition) is 6. The molecule has 0 bridgehead atoms. The van der Waals surface area contributed by atoms with E-state index in [1.54, 1.807) is 35.7 Å². The van der Waals surface area contributed by atoms with Gasteiger partial charge in [-0.1, -0.05) is 22.0 Å². The van der Waals surface area contributed by atoms with Crippen LogP contribution in [0.15, 0.2) is 52.3 Å². The first-order valence-electron chi connectivity index (χ1n) is 8.05. The lowest BCUT2D eigenvalue weighted by molar-refractivity contribution is 0.101. The van der Waals surface area contributed by atoms with Gasteiger partial charge in [0.2, 0.25) is 0 Å². The predicted octanol–water partition coefficient (Wildman–Crippen LogP) is 4.43. The van der Waals surface area contributed by atoms with Gasteiger partial charge in [-0.25, -0.2) is 4.98 Å². The van der Waals surface area contributed by atoms with Crippen LogP contribution in [0, 0.1) is 0 Å². The number of carbonyl (C=O) groups excluding carboxylic acids is 2. The van der Waals surface area contributed by atoms with Gasteiger partial charge in [-0.2, -0.15) is 0 Å². The summed E-state index contributed by atoms with van der Waals surface area (Å²) in [7, 11) is 3.01. The molecule has 0 saturated heterocycles. The Morgan fingerprint density at radius 1 is 1.00 bits per heavy atom. The first-order chi connectivity index (χ1) is 13.5. The third-order valence-corrected chi connectivity index (χ3v) is 4.90. The number of methoxy groups -OCH3 is 2. The van der Waals surface area contributed by atoms with Crippen LogP contribution in [0.5, 0.6) is 11.5 Å². The molecule has 9 heteroatoms. The van der Waals surface area contributed by atoms with E-state index in [0.717, 1.165) is 15.8 Å². The molecule has 0 aliphatic carbocycles. The van der Waals surface area contributed by atoms with E-state index in [-0.39, 0.29) is 17.5 Å². The minimum Gasteiger partial charge on any atom is -0.497 e. The van der Waals surface area contributed by atoms with E-state index >= 15 is 0 Å². The lowest BCUT2D eigenvalue weighted by atomic mass is 10.2. The van der Waals surface area contributed by atoms with Gasteiger partial charge >= 0.3 is 0 Å². The molecule has 3 aromatic rings. The smallest absolute Gasteiger partial charge is 0.275 e. The average Bonchev–Trinajstić information content (AvgIpc) is 3.16. The van der Waals surface area contributed by atoms with Crippen LogP contribution in [0.4, 0.5) is 10.8 Å². The molecule has 0 saturated carbocycles. The highest BCUT2D eigenvalue weighted by atomic mass is 79.9. The Kier molecular flexibility index (Phi) is 6.27. The number of rotatable bonds is 6. The lowest BCUT2D eigenvalue weighted by Gasteiger charge is -2.08. The summed E-state index contributed by atoms with van der Waals surface area (Å²) >= 11 is 4.51. The highest BCUT2D eigenvalue weighted by Gasteiger charge is 2.15. The Morgan fingerprint density at radius 3 is 2.36 bits per heavy atom. The van der Waals surface area contributed by atoms with Gasteiger partial charge in [-0.05, 0) is 30.3 Å². The van der Waals surface area contributed by atoms with Gasteiger partial charge in [0, 0.05) is 27.2 Å². The van der Waals surface area contributed by atoms with Crippen LogP contribution in [0.3, 0.4) is 0 Å². The van der Waals surface area contributed by atoms with Gasteiger partial charge in [-0.15, -0.1) is 11.3 Å². The van der Waals surface area contributed by atoms with Crippen LogP contribution in [-0.2, 0) is 0 Å². The van der Waals surface area contributed by atoms with Crippen LogP contribution >= 0.6 is 27.3 Å². The van der Waals surface area contributed by atoms with Gasteiger partial charge in [0.25, 0.3) is 11.8 Å². The van der Waals surface area contributed by atoms with E-state index in [2.05, 4.69) is 31.5 Å². The summed E-state index contributed by atoms with van der Waals surface area (Å²) in [6.45, 7) is 0. The second-order valence-electron chi connectivity index (χ2n) is 5.56. The van der Waals surface area contributed by atoms with Crippen molar-refractivity contribution in [3.05, 3.63) is 63.6 Å². The Morgan fingerprint density at radius 2 is 1.71 bits per heavy atom. The Labute approximate surface area is 173 Å². The summed E-state index contributed by atoms with van der Waals surface area (Å²) in [6.07, 6.45) is 0. The molecular weight excluding hydrogens is 446 g/mol. The molecule has 2 aromatic carbocycles. The van der Waals surface area contributed by atoms with E-state index in [1.165, 1.54) is 14.2 Å². The molecule has 0 atom stereocenters. The van der Waals surface area contributed by atoms with Crippen molar-refractivity contribution < 1.29 is 19.1 Å². The number of carbonyl (C=O) groups is 2. The maximum absolute atomic E-state index is 12.5. The molecule has 0 spiro atoms. The summed E-state index contributed by atoms with van der Waals surface area (Å²) in [4.78, 5) is 29.0. The molecule has 28 heavy (non-hydrogen) atoms. The van der Waals surface area contributed by atoms with Crippen molar-refractivity contribution in [2.24, 2.45) is 0 Å². The molecule has 2 amide bonds. The maximum atomic E-state index is 12.5. The average molecular weight is 462 g/mol. The fourth-order valence-electron chi connectivity index (χ4n) is 2.30. The minimum atomic E-state index is -0.384. The molecule has 7 nitrogen and oxygen atoms in total. The Bertz CT molecular complexity index is 1000. The second kappa shape index (κ2) is 8.85. The summed E-state index contributed by atoms with van der Waals surface area (Å²) in [5.74, 6) is 0.249. The summed E-state index contributed by atoms with van der Waals surface area (Å²) in [6, 6.07) is 12.1. The Balaban J connectivity index is 1.70. The maximum Gasteiger partial charge on any atom is 0.275 e. The third-order valence-electron chi connectivity index (χ3n) is 3.65. The van der Waals surface area contributed by atoms with Crippen LogP contribution in [-0.4, -0.2) is 31.0 Å². The van der Waals surface area contributed by atoms with Crippen molar-refractivity contribution in [2.45, 2.75) is 0 Å². The van der Waals surface area contributed by atoms with E-state index in [0.29, 0.717) is 27.9 Å². The molecule has 0 unspecified atom stereocenters. The molecule has 0 aliphatic rings. The van der Waals surface area contributed by atoms with Crippen LogP contribution in [0.2, 0.25) is 0 Å². The monoisotopic (exact) mass is 461 g/mol. The predicted molar refractivity (Wildman–Crippen MR) is 112 cm³/mol. The third kappa shape index (κ3) is 4.87. The minimum absolute atomic E-state index is 0.212. The number of ether oxygens (including phenoxy) is 2. The number of anilines is 2. The lowest BCUT2D eigenvalue weighted by Crippen LogP contribution is -2.14. The standard InChI is InChI=1S/C19H16BrN3O4S/c1-26-14-6-11(7-15(9-14)27-2)17(24)23-19-22-16(10-28-19)18(25)21-13-5-3-4-12(20)8-13/h3-10H,1-2H3,(H,21,25)(H,22,23,24). The largest absolute Gasteiger partial charge is 0.497 e. The zero-order valence-corrected chi connectivity index (χ0v) is 17.4. The van der Waals surface area contributed by atoms with E-state index < -0.39 is 0 Å². The molecule has 0 aliphatic heterocycles. The number of aromatic nitrogens is 1. The number of hydrogen-bond donors (Lipinski definition) is 2. The van der Waals surface area contributed by atoms with Crippen LogP contribution in [0.25, 0.3) is 0 Å². The number of thiazole rings is 1. The molecule has 0 fully saturated rings. The fraction of sp³-hybridized carbons (Fsp3) is 0.105. The van der Waals surface area contributed by atoms with E-state index in [1.807, 2.05) is 12.1 Å². The molecule has 1 heterocycles. The Hall–Kier alpha value is -2.91. The van der Waals surface area contributed by atoms with E-state index in [4.69, 9.17) is 9.47 Å².